The van der Waals surface area contributed by atoms with Crippen LogP contribution < -0.4 is 15.2 Å². The van der Waals surface area contributed by atoms with E-state index in [0.717, 1.165) is 0 Å². The van der Waals surface area contributed by atoms with Crippen LogP contribution in [-0.4, -0.2) is 36.0 Å². The fourth-order valence-corrected chi connectivity index (χ4v) is 4.37. The summed E-state index contributed by atoms with van der Waals surface area (Å²) in [6.45, 7) is 3.45. The van der Waals surface area contributed by atoms with Crippen molar-refractivity contribution in [3.8, 4) is 5.75 Å². The predicted octanol–water partition coefficient (Wildman–Crippen LogP) is 1.51. The van der Waals surface area contributed by atoms with Crippen molar-refractivity contribution in [3.05, 3.63) is 57.5 Å². The minimum absolute atomic E-state index is 0.0569. The van der Waals surface area contributed by atoms with Crippen LogP contribution in [0.1, 0.15) is 23.7 Å². The zero-order valence-corrected chi connectivity index (χ0v) is 16.6. The van der Waals surface area contributed by atoms with Gasteiger partial charge < -0.3 is 18.9 Å². The molecule has 1 N–H and O–H groups in total. The maximum Gasteiger partial charge on any atom is 0.320 e. The number of hydrogen-bond acceptors (Lipinski definition) is 6. The lowest BCUT2D eigenvalue weighted by Crippen LogP contribution is -2.58. The number of ether oxygens (including phenoxy) is 2. The average Bonchev–Trinajstić information content (AvgIpc) is 2.89. The summed E-state index contributed by atoms with van der Waals surface area (Å²) in [6, 6.07) is 8.60. The minimum atomic E-state index is -1.72. The van der Waals surface area contributed by atoms with Gasteiger partial charge in [-0.1, -0.05) is 18.2 Å². The zero-order chi connectivity index (χ0) is 21.1. The molecule has 2 aromatic rings. The summed E-state index contributed by atoms with van der Waals surface area (Å²) in [5.41, 5.74) is -0.430. The number of nitrogens with zero attached hydrogens (tertiary/aromatic N) is 2. The number of rotatable bonds is 2. The van der Waals surface area contributed by atoms with Gasteiger partial charge in [0.05, 0.1) is 12.2 Å². The van der Waals surface area contributed by atoms with Gasteiger partial charge in [0.2, 0.25) is 11.8 Å². The molecule has 8 heteroatoms. The molecular formula is C21H21N3O5. The van der Waals surface area contributed by atoms with Gasteiger partial charge in [-0.2, -0.15) is 0 Å². The SMILES string of the molecule is CCOC(=O)C1C(=N)Oc2cc(C)n(C)c(=O)c2C12C(=O)N(C)c1ccccc12. The van der Waals surface area contributed by atoms with Gasteiger partial charge in [0.15, 0.2) is 5.92 Å². The Hall–Kier alpha value is -3.42. The molecule has 150 valence electrons. The second kappa shape index (κ2) is 6.30. The third-order valence-corrected chi connectivity index (χ3v) is 5.80. The summed E-state index contributed by atoms with van der Waals surface area (Å²) in [4.78, 5) is 41.5. The largest absolute Gasteiger partial charge is 0.465 e. The van der Waals surface area contributed by atoms with Crippen LogP contribution in [0.4, 0.5) is 5.69 Å². The van der Waals surface area contributed by atoms with Crippen LogP contribution in [0.25, 0.3) is 0 Å². The first-order valence-corrected chi connectivity index (χ1v) is 9.28. The monoisotopic (exact) mass is 395 g/mol. The smallest absolute Gasteiger partial charge is 0.320 e. The van der Waals surface area contributed by atoms with Crippen LogP contribution in [-0.2, 0) is 26.8 Å². The molecule has 0 bridgehead atoms. The lowest BCUT2D eigenvalue weighted by Gasteiger charge is -2.39. The predicted molar refractivity (Wildman–Crippen MR) is 106 cm³/mol. The van der Waals surface area contributed by atoms with E-state index in [4.69, 9.17) is 14.9 Å². The Kier molecular flexibility index (Phi) is 4.11. The van der Waals surface area contributed by atoms with Gasteiger partial charge >= 0.3 is 5.97 Å². The van der Waals surface area contributed by atoms with E-state index in [1.54, 1.807) is 58.3 Å². The molecule has 8 nitrogen and oxygen atoms in total. The summed E-state index contributed by atoms with van der Waals surface area (Å²) in [7, 11) is 3.19. The molecular weight excluding hydrogens is 374 g/mol. The summed E-state index contributed by atoms with van der Waals surface area (Å²) >= 11 is 0. The third-order valence-electron chi connectivity index (χ3n) is 5.80. The summed E-state index contributed by atoms with van der Waals surface area (Å²) < 4.78 is 12.2. The molecule has 0 saturated heterocycles. The van der Waals surface area contributed by atoms with Crippen molar-refractivity contribution in [3.63, 3.8) is 0 Å². The van der Waals surface area contributed by atoms with Gasteiger partial charge in [0.25, 0.3) is 5.56 Å². The number of pyridine rings is 1. The highest BCUT2D eigenvalue weighted by molar-refractivity contribution is 6.18. The van der Waals surface area contributed by atoms with E-state index in [9.17, 15) is 14.4 Å². The summed E-state index contributed by atoms with van der Waals surface area (Å²) in [5, 5.41) is 8.46. The highest BCUT2D eigenvalue weighted by Gasteiger charge is 2.65. The fraction of sp³-hybridized carbons (Fsp3) is 0.333. The molecule has 1 aromatic carbocycles. The molecule has 2 aliphatic rings. The van der Waals surface area contributed by atoms with Crippen molar-refractivity contribution in [2.24, 2.45) is 13.0 Å². The van der Waals surface area contributed by atoms with Gasteiger partial charge in [-0.3, -0.25) is 19.8 Å². The molecule has 0 radical (unpaired) electrons. The van der Waals surface area contributed by atoms with E-state index in [1.165, 1.54) is 9.47 Å². The van der Waals surface area contributed by atoms with E-state index in [0.29, 0.717) is 16.9 Å². The molecule has 1 amide bonds. The van der Waals surface area contributed by atoms with Gasteiger partial charge in [0.1, 0.15) is 11.2 Å². The van der Waals surface area contributed by atoms with Crippen LogP contribution >= 0.6 is 0 Å². The van der Waals surface area contributed by atoms with Gasteiger partial charge in [-0.15, -0.1) is 0 Å². The molecule has 1 spiro atoms. The fourth-order valence-electron chi connectivity index (χ4n) is 4.37. The van der Waals surface area contributed by atoms with Crippen molar-refractivity contribution >= 4 is 23.5 Å². The maximum atomic E-state index is 13.7. The van der Waals surface area contributed by atoms with Gasteiger partial charge in [0, 0.05) is 31.5 Å². The molecule has 4 rings (SSSR count). The first kappa shape index (κ1) is 18.9. The van der Waals surface area contributed by atoms with Crippen LogP contribution in [0.15, 0.2) is 35.1 Å². The number of para-hydroxylation sites is 1. The van der Waals surface area contributed by atoms with E-state index >= 15 is 0 Å². The number of anilines is 1. The lowest BCUT2D eigenvalue weighted by molar-refractivity contribution is -0.150. The van der Waals surface area contributed by atoms with Crippen molar-refractivity contribution < 1.29 is 19.1 Å². The second-order valence-corrected chi connectivity index (χ2v) is 7.23. The first-order chi connectivity index (χ1) is 13.8. The minimum Gasteiger partial charge on any atom is -0.465 e. The molecule has 1 aromatic heterocycles. The summed E-state index contributed by atoms with van der Waals surface area (Å²) in [5.74, 6) is -2.93. The Balaban J connectivity index is 2.18. The molecule has 0 fully saturated rings. The highest BCUT2D eigenvalue weighted by Crippen LogP contribution is 2.54. The number of aryl methyl sites for hydroxylation is 1. The number of carbonyl (C=O) groups is 2. The number of likely N-dealkylation sites (N-methyl/N-ethyl adjacent to an activating group) is 1. The third kappa shape index (κ3) is 2.25. The molecule has 2 unspecified atom stereocenters. The van der Waals surface area contributed by atoms with Crippen LogP contribution in [0.5, 0.6) is 5.75 Å². The Morgan fingerprint density at radius 1 is 1.28 bits per heavy atom. The van der Waals surface area contributed by atoms with Crippen molar-refractivity contribution in [1.29, 1.82) is 5.41 Å². The van der Waals surface area contributed by atoms with E-state index in [1.807, 2.05) is 0 Å². The number of carbonyl (C=O) groups excluding carboxylic acids is 2. The molecule has 29 heavy (non-hydrogen) atoms. The van der Waals surface area contributed by atoms with E-state index in [2.05, 4.69) is 0 Å². The normalized spacial score (nSPS) is 22.3. The quantitative estimate of drug-likeness (QED) is 0.777. The Bertz CT molecular complexity index is 1140. The molecule has 3 heterocycles. The second-order valence-electron chi connectivity index (χ2n) is 7.23. The molecule has 0 aliphatic carbocycles. The number of amides is 1. The van der Waals surface area contributed by atoms with Crippen molar-refractivity contribution in [2.45, 2.75) is 19.3 Å². The van der Waals surface area contributed by atoms with Crippen LogP contribution in [0.2, 0.25) is 0 Å². The van der Waals surface area contributed by atoms with E-state index < -0.39 is 34.7 Å². The highest BCUT2D eigenvalue weighted by atomic mass is 16.5. The van der Waals surface area contributed by atoms with E-state index in [-0.39, 0.29) is 17.9 Å². The molecule has 0 saturated carbocycles. The first-order valence-electron chi connectivity index (χ1n) is 9.28. The number of nitrogens with one attached hydrogen (secondary N) is 1. The van der Waals surface area contributed by atoms with Gasteiger partial charge in [-0.25, -0.2) is 0 Å². The van der Waals surface area contributed by atoms with Crippen LogP contribution in [0.3, 0.4) is 0 Å². The average molecular weight is 395 g/mol. The van der Waals surface area contributed by atoms with Crippen molar-refractivity contribution in [1.82, 2.24) is 4.57 Å². The van der Waals surface area contributed by atoms with Gasteiger partial charge in [-0.05, 0) is 25.5 Å². The number of esters is 1. The van der Waals surface area contributed by atoms with Crippen molar-refractivity contribution in [2.75, 3.05) is 18.6 Å². The Morgan fingerprint density at radius 3 is 2.66 bits per heavy atom. The topological polar surface area (TPSA) is 102 Å². The zero-order valence-electron chi connectivity index (χ0n) is 16.6. The number of benzene rings is 1. The Morgan fingerprint density at radius 2 is 1.97 bits per heavy atom. The molecule has 2 aliphatic heterocycles. The number of fused-ring (bicyclic) bond motifs is 4. The Labute approximate surface area is 167 Å². The molecule has 2 atom stereocenters. The standard InChI is InChI=1S/C21H21N3O5/c1-5-28-19(26)16-17(22)29-14-10-11(2)23(3)18(25)15(14)21(16)12-8-6-7-9-13(12)24(4)20(21)27/h6-10,16,22H,5H2,1-4H3. The van der Waals surface area contributed by atoms with Crippen LogP contribution in [0, 0.1) is 18.3 Å². The summed E-state index contributed by atoms with van der Waals surface area (Å²) in [6.07, 6.45) is 0. The number of hydrogen-bond donors (Lipinski definition) is 1. The number of aromatic nitrogens is 1. The lowest BCUT2D eigenvalue weighted by atomic mass is 9.64. The maximum absolute atomic E-state index is 13.7.